The lowest BCUT2D eigenvalue weighted by molar-refractivity contribution is -0.128. The number of carbonyl (C=O) groups excluding carboxylic acids is 1. The van der Waals surface area contributed by atoms with Gasteiger partial charge in [-0.15, -0.1) is 0 Å². The van der Waals surface area contributed by atoms with E-state index < -0.39 is 0 Å². The van der Waals surface area contributed by atoms with Crippen LogP contribution in [0, 0.1) is 0 Å². The van der Waals surface area contributed by atoms with Crippen molar-refractivity contribution >= 4 is 5.91 Å². The van der Waals surface area contributed by atoms with Crippen LogP contribution in [0.25, 0.3) is 0 Å². The normalized spacial score (nSPS) is 11.1. The fraction of sp³-hybridized carbons (Fsp3) is 0.812. The number of hydrogen-bond acceptors (Lipinski definition) is 1. The predicted molar refractivity (Wildman–Crippen MR) is 79.7 cm³/mol. The average Bonchev–Trinajstić information content (AvgIpc) is 2.35. The van der Waals surface area contributed by atoms with Crippen molar-refractivity contribution in [2.24, 2.45) is 0 Å². The first-order chi connectivity index (χ1) is 8.68. The van der Waals surface area contributed by atoms with E-state index in [2.05, 4.69) is 19.1 Å². The molecule has 0 N–H and O–H groups in total. The molecule has 0 aromatic carbocycles. The van der Waals surface area contributed by atoms with Gasteiger partial charge in [0.05, 0.1) is 0 Å². The lowest BCUT2D eigenvalue weighted by atomic mass is 10.1. The van der Waals surface area contributed by atoms with E-state index in [0.29, 0.717) is 6.42 Å². The summed E-state index contributed by atoms with van der Waals surface area (Å²) in [6.07, 6.45) is 16.5. The maximum absolute atomic E-state index is 11.3. The van der Waals surface area contributed by atoms with Gasteiger partial charge >= 0.3 is 0 Å². The van der Waals surface area contributed by atoms with Crippen LogP contribution < -0.4 is 0 Å². The van der Waals surface area contributed by atoms with E-state index in [0.717, 1.165) is 6.42 Å². The fourth-order valence-electron chi connectivity index (χ4n) is 1.85. The molecule has 1 amide bonds. The van der Waals surface area contributed by atoms with Gasteiger partial charge in [-0.3, -0.25) is 4.79 Å². The Kier molecular flexibility index (Phi) is 12.1. The zero-order valence-corrected chi connectivity index (χ0v) is 12.6. The second-order valence-corrected chi connectivity index (χ2v) is 5.21. The topological polar surface area (TPSA) is 20.3 Å². The van der Waals surface area contributed by atoms with Gasteiger partial charge < -0.3 is 4.90 Å². The summed E-state index contributed by atoms with van der Waals surface area (Å²) in [7, 11) is 3.65. The van der Waals surface area contributed by atoms with Gasteiger partial charge in [-0.05, 0) is 25.7 Å². The number of unbranched alkanes of at least 4 members (excludes halogenated alkanes) is 7. The van der Waals surface area contributed by atoms with Crippen LogP contribution >= 0.6 is 0 Å². The first-order valence-corrected chi connectivity index (χ1v) is 7.53. The zero-order chi connectivity index (χ0) is 13.6. The fourth-order valence-corrected chi connectivity index (χ4v) is 1.85. The molecular weight excluding hydrogens is 222 g/mol. The molecule has 0 bridgehead atoms. The summed E-state index contributed by atoms with van der Waals surface area (Å²) in [6, 6.07) is 0. The van der Waals surface area contributed by atoms with Crippen LogP contribution in [-0.2, 0) is 4.79 Å². The van der Waals surface area contributed by atoms with Gasteiger partial charge in [0.2, 0.25) is 5.91 Å². The molecular formula is C16H31NO. The van der Waals surface area contributed by atoms with E-state index in [9.17, 15) is 4.79 Å². The van der Waals surface area contributed by atoms with Crippen molar-refractivity contribution in [2.45, 2.75) is 71.1 Å². The van der Waals surface area contributed by atoms with Gasteiger partial charge in [0.15, 0.2) is 0 Å². The van der Waals surface area contributed by atoms with E-state index in [-0.39, 0.29) is 5.91 Å². The number of allylic oxidation sites excluding steroid dienone is 2. The van der Waals surface area contributed by atoms with E-state index >= 15 is 0 Å². The van der Waals surface area contributed by atoms with Crippen molar-refractivity contribution in [1.82, 2.24) is 4.90 Å². The van der Waals surface area contributed by atoms with Gasteiger partial charge in [0.1, 0.15) is 0 Å². The molecule has 0 aromatic heterocycles. The van der Waals surface area contributed by atoms with Crippen LogP contribution in [0.3, 0.4) is 0 Å². The van der Waals surface area contributed by atoms with Gasteiger partial charge in [0.25, 0.3) is 0 Å². The lowest BCUT2D eigenvalue weighted by Gasteiger charge is -2.09. The summed E-state index contributed by atoms with van der Waals surface area (Å²) in [5, 5.41) is 0. The first kappa shape index (κ1) is 17.2. The quantitative estimate of drug-likeness (QED) is 0.391. The molecule has 0 aromatic rings. The third-order valence-electron chi connectivity index (χ3n) is 3.15. The molecule has 2 heteroatoms. The van der Waals surface area contributed by atoms with E-state index in [1.807, 2.05) is 14.1 Å². The molecule has 0 saturated heterocycles. The number of nitrogens with zero attached hydrogens (tertiary/aromatic N) is 1. The number of carbonyl (C=O) groups is 1. The van der Waals surface area contributed by atoms with Crippen molar-refractivity contribution in [3.8, 4) is 0 Å². The molecule has 0 unspecified atom stereocenters. The summed E-state index contributed by atoms with van der Waals surface area (Å²) in [4.78, 5) is 13.0. The van der Waals surface area contributed by atoms with Gasteiger partial charge in [-0.25, -0.2) is 0 Å². The van der Waals surface area contributed by atoms with Crippen molar-refractivity contribution in [1.29, 1.82) is 0 Å². The van der Waals surface area contributed by atoms with Crippen LogP contribution in [0.5, 0.6) is 0 Å². The molecule has 0 aliphatic heterocycles. The Labute approximate surface area is 113 Å². The van der Waals surface area contributed by atoms with Crippen LogP contribution in [0.2, 0.25) is 0 Å². The van der Waals surface area contributed by atoms with E-state index in [1.165, 1.54) is 51.4 Å². The maximum Gasteiger partial charge on any atom is 0.222 e. The Morgan fingerprint density at radius 1 is 0.889 bits per heavy atom. The standard InChI is InChI=1S/C16H31NO/c1-4-5-6-7-8-9-10-11-12-13-14-15-16(18)17(2)3/h7-8H,4-6,9-15H2,1-3H3/b8-7+. The summed E-state index contributed by atoms with van der Waals surface area (Å²) in [5.74, 6) is 0.258. The Bertz CT molecular complexity index is 221. The van der Waals surface area contributed by atoms with Crippen molar-refractivity contribution < 1.29 is 4.79 Å². The van der Waals surface area contributed by atoms with Crippen molar-refractivity contribution in [3.63, 3.8) is 0 Å². The molecule has 0 atom stereocenters. The first-order valence-electron chi connectivity index (χ1n) is 7.53. The monoisotopic (exact) mass is 253 g/mol. The van der Waals surface area contributed by atoms with Gasteiger partial charge in [-0.1, -0.05) is 51.2 Å². The molecule has 0 aliphatic rings. The average molecular weight is 253 g/mol. The predicted octanol–water partition coefficient (Wildman–Crippen LogP) is 4.55. The minimum absolute atomic E-state index is 0.258. The molecule has 0 spiro atoms. The number of amides is 1. The molecule has 2 nitrogen and oxygen atoms in total. The van der Waals surface area contributed by atoms with E-state index in [4.69, 9.17) is 0 Å². The highest BCUT2D eigenvalue weighted by Gasteiger charge is 2.02. The third kappa shape index (κ3) is 11.7. The Morgan fingerprint density at radius 2 is 1.44 bits per heavy atom. The number of rotatable bonds is 11. The van der Waals surface area contributed by atoms with Gasteiger partial charge in [-0.2, -0.15) is 0 Å². The van der Waals surface area contributed by atoms with E-state index in [1.54, 1.807) is 4.90 Å². The smallest absolute Gasteiger partial charge is 0.222 e. The molecule has 0 radical (unpaired) electrons. The second kappa shape index (κ2) is 12.7. The highest BCUT2D eigenvalue weighted by atomic mass is 16.2. The minimum atomic E-state index is 0.258. The van der Waals surface area contributed by atoms with Crippen LogP contribution in [0.1, 0.15) is 71.1 Å². The molecule has 0 heterocycles. The van der Waals surface area contributed by atoms with Gasteiger partial charge in [0, 0.05) is 20.5 Å². The summed E-state index contributed by atoms with van der Waals surface area (Å²) in [5.41, 5.74) is 0. The lowest BCUT2D eigenvalue weighted by Crippen LogP contribution is -2.20. The summed E-state index contributed by atoms with van der Waals surface area (Å²) >= 11 is 0. The maximum atomic E-state index is 11.3. The minimum Gasteiger partial charge on any atom is -0.349 e. The van der Waals surface area contributed by atoms with Crippen molar-refractivity contribution in [2.75, 3.05) is 14.1 Å². The Balaban J connectivity index is 3.16. The SMILES string of the molecule is CCCC/C=C/CCCCCCCC(=O)N(C)C. The Hall–Kier alpha value is -0.790. The number of hydrogen-bond donors (Lipinski definition) is 0. The van der Waals surface area contributed by atoms with Crippen LogP contribution in [0.4, 0.5) is 0 Å². The molecule has 106 valence electrons. The largest absolute Gasteiger partial charge is 0.349 e. The zero-order valence-electron chi connectivity index (χ0n) is 12.6. The molecule has 0 saturated carbocycles. The Morgan fingerprint density at radius 3 is 2.06 bits per heavy atom. The molecule has 0 fully saturated rings. The third-order valence-corrected chi connectivity index (χ3v) is 3.15. The summed E-state index contributed by atoms with van der Waals surface area (Å²) < 4.78 is 0. The second-order valence-electron chi connectivity index (χ2n) is 5.21. The van der Waals surface area contributed by atoms with Crippen LogP contribution in [-0.4, -0.2) is 24.9 Å². The molecule has 0 rings (SSSR count). The highest BCUT2D eigenvalue weighted by molar-refractivity contribution is 5.75. The molecule has 18 heavy (non-hydrogen) atoms. The molecule has 0 aliphatic carbocycles. The van der Waals surface area contributed by atoms with Crippen molar-refractivity contribution in [3.05, 3.63) is 12.2 Å². The van der Waals surface area contributed by atoms with Crippen LogP contribution in [0.15, 0.2) is 12.2 Å². The summed E-state index contributed by atoms with van der Waals surface area (Å²) in [6.45, 7) is 2.23. The highest BCUT2D eigenvalue weighted by Crippen LogP contribution is 2.08.